The largest absolute Gasteiger partial charge is 0.497 e. The highest BCUT2D eigenvalue weighted by Crippen LogP contribution is 2.29. The van der Waals surface area contributed by atoms with E-state index in [-0.39, 0.29) is 35.9 Å². The van der Waals surface area contributed by atoms with E-state index in [9.17, 15) is 18.3 Å². The summed E-state index contributed by atoms with van der Waals surface area (Å²) in [5.74, 6) is 0.628. The summed E-state index contributed by atoms with van der Waals surface area (Å²) in [5.41, 5.74) is 2.06. The van der Waals surface area contributed by atoms with Crippen LogP contribution in [0.15, 0.2) is 89.8 Å². The molecular weight excluding hydrogens is 564 g/mol. The smallest absolute Gasteiger partial charge is 0.252 e. The fourth-order valence-electron chi connectivity index (χ4n) is 6.19. The Kier molecular flexibility index (Phi) is 10.5. The lowest BCUT2D eigenvalue weighted by molar-refractivity contribution is -0.161. The number of morpholine rings is 1. The Morgan fingerprint density at radius 1 is 0.930 bits per heavy atom. The number of hydrogen-bond donors (Lipinski definition) is 1. The van der Waals surface area contributed by atoms with Gasteiger partial charge in [0.15, 0.2) is 0 Å². The number of sulfonamides is 1. The van der Waals surface area contributed by atoms with Crippen molar-refractivity contribution in [2.75, 3.05) is 33.4 Å². The summed E-state index contributed by atoms with van der Waals surface area (Å²) in [4.78, 5) is 15.7. The molecule has 2 fully saturated rings. The van der Waals surface area contributed by atoms with Crippen molar-refractivity contribution in [3.05, 3.63) is 96.1 Å². The van der Waals surface area contributed by atoms with Gasteiger partial charge in [0.1, 0.15) is 11.9 Å². The Hall–Kier alpha value is -3.24. The number of methoxy groups -OCH3 is 1. The molecule has 0 radical (unpaired) electrons. The predicted molar refractivity (Wildman–Crippen MR) is 165 cm³/mol. The highest BCUT2D eigenvalue weighted by Gasteiger charge is 2.38. The lowest BCUT2D eigenvalue weighted by atomic mass is 9.99. The topological polar surface area (TPSA) is 96.4 Å². The third-order valence-electron chi connectivity index (χ3n) is 8.52. The van der Waals surface area contributed by atoms with Gasteiger partial charge in [-0.15, -0.1) is 0 Å². The van der Waals surface area contributed by atoms with Crippen LogP contribution in [0.3, 0.4) is 0 Å². The third kappa shape index (κ3) is 8.03. The molecule has 8 nitrogen and oxygen atoms in total. The van der Waals surface area contributed by atoms with E-state index in [1.165, 1.54) is 23.5 Å². The number of benzene rings is 3. The summed E-state index contributed by atoms with van der Waals surface area (Å²) in [6.45, 7) is 0.592. The van der Waals surface area contributed by atoms with Gasteiger partial charge >= 0.3 is 0 Å². The number of aliphatic hydroxyl groups is 1. The molecule has 230 valence electrons. The summed E-state index contributed by atoms with van der Waals surface area (Å²) < 4.78 is 40.4. The van der Waals surface area contributed by atoms with Crippen LogP contribution in [-0.4, -0.2) is 80.2 Å². The molecule has 5 rings (SSSR count). The first kappa shape index (κ1) is 31.2. The molecule has 3 atom stereocenters. The molecule has 3 aromatic rings. The zero-order valence-electron chi connectivity index (χ0n) is 24.8. The molecular formula is C34H42N2O6S. The van der Waals surface area contributed by atoms with Crippen LogP contribution in [0.4, 0.5) is 0 Å². The molecule has 1 heterocycles. The molecule has 1 aliphatic heterocycles. The monoisotopic (exact) mass is 606 g/mol. The molecule has 1 N–H and O–H groups in total. The van der Waals surface area contributed by atoms with Crippen molar-refractivity contribution in [3.8, 4) is 5.75 Å². The quantitative estimate of drug-likeness (QED) is 0.312. The van der Waals surface area contributed by atoms with Crippen molar-refractivity contribution >= 4 is 15.9 Å². The lowest BCUT2D eigenvalue weighted by Crippen LogP contribution is -2.58. The number of β-amino-alcohol motifs (C(OH)–C–C–N with tert-alkyl or cyclic N) is 1. The van der Waals surface area contributed by atoms with Gasteiger partial charge in [-0.25, -0.2) is 8.42 Å². The highest BCUT2D eigenvalue weighted by atomic mass is 32.2. The van der Waals surface area contributed by atoms with Gasteiger partial charge in [0.2, 0.25) is 10.0 Å². The van der Waals surface area contributed by atoms with Crippen LogP contribution in [0.2, 0.25) is 0 Å². The summed E-state index contributed by atoms with van der Waals surface area (Å²) >= 11 is 0. The second kappa shape index (κ2) is 14.5. The normalized spacial score (nSPS) is 20.4. The van der Waals surface area contributed by atoms with E-state index in [0.717, 1.165) is 36.8 Å². The van der Waals surface area contributed by atoms with Crippen LogP contribution in [-0.2, 0) is 32.4 Å². The molecule has 43 heavy (non-hydrogen) atoms. The van der Waals surface area contributed by atoms with E-state index < -0.39 is 22.2 Å². The van der Waals surface area contributed by atoms with Gasteiger partial charge in [-0.2, -0.15) is 4.31 Å². The molecule has 1 aliphatic carbocycles. The van der Waals surface area contributed by atoms with Gasteiger partial charge in [-0.3, -0.25) is 4.79 Å². The van der Waals surface area contributed by atoms with Crippen molar-refractivity contribution in [2.24, 2.45) is 5.92 Å². The summed E-state index contributed by atoms with van der Waals surface area (Å²) in [6, 6.07) is 25.7. The first-order valence-corrected chi connectivity index (χ1v) is 16.6. The number of amides is 1. The van der Waals surface area contributed by atoms with E-state index in [1.54, 1.807) is 17.0 Å². The van der Waals surface area contributed by atoms with E-state index in [0.29, 0.717) is 31.7 Å². The Morgan fingerprint density at radius 3 is 2.14 bits per heavy atom. The molecule has 1 saturated heterocycles. The summed E-state index contributed by atoms with van der Waals surface area (Å²) in [6.07, 6.45) is 3.36. The molecule has 2 aliphatic rings. The average molecular weight is 607 g/mol. The van der Waals surface area contributed by atoms with Crippen molar-refractivity contribution in [1.29, 1.82) is 0 Å². The number of hydrogen-bond acceptors (Lipinski definition) is 6. The first-order chi connectivity index (χ1) is 20.8. The molecule has 9 heteroatoms. The van der Waals surface area contributed by atoms with Crippen LogP contribution in [0.25, 0.3) is 0 Å². The standard InChI is InChI=1S/C34H42N2O6S/c1-41-31-16-18-32(19-17-31)43(39,40)35(22-28-14-8-9-15-28)23-30(37)24-36-29(20-26-10-4-2-5-11-26)25-42-33(34(36)38)21-27-12-6-3-7-13-27/h2-7,10-13,16-19,28-30,33,37H,8-9,14-15,20-25H2,1H3/t29-,30+,33?/m0/s1. The molecule has 1 amide bonds. The number of carbonyl (C=O) groups is 1. The number of carbonyl (C=O) groups excluding carboxylic acids is 1. The van der Waals surface area contributed by atoms with E-state index in [4.69, 9.17) is 9.47 Å². The zero-order valence-corrected chi connectivity index (χ0v) is 25.6. The number of rotatable bonds is 13. The van der Waals surface area contributed by atoms with Gasteiger partial charge in [-0.1, -0.05) is 73.5 Å². The molecule has 3 aromatic carbocycles. The van der Waals surface area contributed by atoms with Gasteiger partial charge in [-0.05, 0) is 60.6 Å². The number of nitrogens with zero attached hydrogens (tertiary/aromatic N) is 2. The Bertz CT molecular complexity index is 1410. The van der Waals surface area contributed by atoms with Crippen LogP contribution < -0.4 is 4.74 Å². The average Bonchev–Trinajstić information content (AvgIpc) is 3.54. The fourth-order valence-corrected chi connectivity index (χ4v) is 7.74. The Labute approximate surface area is 255 Å². The highest BCUT2D eigenvalue weighted by molar-refractivity contribution is 7.89. The van der Waals surface area contributed by atoms with Gasteiger partial charge in [0.05, 0.1) is 30.8 Å². The van der Waals surface area contributed by atoms with Crippen molar-refractivity contribution in [1.82, 2.24) is 9.21 Å². The van der Waals surface area contributed by atoms with Crippen molar-refractivity contribution < 1.29 is 27.8 Å². The van der Waals surface area contributed by atoms with Gasteiger partial charge < -0.3 is 19.5 Å². The van der Waals surface area contributed by atoms with Crippen LogP contribution >= 0.6 is 0 Å². The lowest BCUT2D eigenvalue weighted by Gasteiger charge is -2.41. The fraction of sp³-hybridized carbons (Fsp3) is 0.441. The molecule has 1 saturated carbocycles. The predicted octanol–water partition coefficient (Wildman–Crippen LogP) is 4.32. The second-order valence-corrected chi connectivity index (χ2v) is 13.6. The maximum absolute atomic E-state index is 13.9. The molecule has 0 aromatic heterocycles. The second-order valence-electron chi connectivity index (χ2n) is 11.6. The van der Waals surface area contributed by atoms with E-state index in [2.05, 4.69) is 0 Å². The van der Waals surface area contributed by atoms with Crippen LogP contribution in [0.5, 0.6) is 5.75 Å². The first-order valence-electron chi connectivity index (χ1n) is 15.2. The van der Waals surface area contributed by atoms with E-state index in [1.807, 2.05) is 60.7 Å². The molecule has 1 unspecified atom stereocenters. The SMILES string of the molecule is COc1ccc(S(=O)(=O)N(CC2CCCC2)C[C@@H](O)CN2C(=O)C(Cc3ccccc3)OC[C@@H]2Cc2ccccc2)cc1. The zero-order chi connectivity index (χ0) is 30.2. The minimum Gasteiger partial charge on any atom is -0.497 e. The maximum Gasteiger partial charge on any atom is 0.252 e. The molecule has 0 bridgehead atoms. The minimum absolute atomic E-state index is 0.0181. The maximum atomic E-state index is 13.9. The van der Waals surface area contributed by atoms with Crippen LogP contribution in [0.1, 0.15) is 36.8 Å². The van der Waals surface area contributed by atoms with Crippen LogP contribution in [0, 0.1) is 5.92 Å². The summed E-state index contributed by atoms with van der Waals surface area (Å²) in [7, 11) is -2.35. The third-order valence-corrected chi connectivity index (χ3v) is 10.4. The number of ether oxygens (including phenoxy) is 2. The molecule has 0 spiro atoms. The van der Waals surface area contributed by atoms with Gasteiger partial charge in [0, 0.05) is 26.1 Å². The van der Waals surface area contributed by atoms with E-state index >= 15 is 0 Å². The number of aliphatic hydroxyl groups excluding tert-OH is 1. The Balaban J connectivity index is 1.35. The van der Waals surface area contributed by atoms with Crippen molar-refractivity contribution in [2.45, 2.75) is 61.7 Å². The Morgan fingerprint density at radius 2 is 1.53 bits per heavy atom. The van der Waals surface area contributed by atoms with Gasteiger partial charge in [0.25, 0.3) is 5.91 Å². The summed E-state index contributed by atoms with van der Waals surface area (Å²) in [5, 5.41) is 11.5. The minimum atomic E-state index is -3.89. The van der Waals surface area contributed by atoms with Crippen molar-refractivity contribution in [3.63, 3.8) is 0 Å².